The van der Waals surface area contributed by atoms with Crippen LogP contribution in [0, 0.1) is 11.6 Å². The average Bonchev–Trinajstić information content (AvgIpc) is 2.75. The lowest BCUT2D eigenvalue weighted by Crippen LogP contribution is -2.22. The number of nitrogens with zero attached hydrogens (tertiary/aromatic N) is 2. The number of nitrogens with one attached hydrogen (secondary N) is 2. The Morgan fingerprint density at radius 2 is 2.00 bits per heavy atom. The number of hydrogen-bond donors (Lipinski definition) is 2. The normalized spacial score (nSPS) is 11.2. The minimum atomic E-state index is -4.10. The summed E-state index contributed by atoms with van der Waals surface area (Å²) < 4.78 is 56.7. The molecule has 0 saturated heterocycles. The molecule has 0 radical (unpaired) electrons. The molecule has 0 unspecified atom stereocenters. The number of benzene rings is 1. The van der Waals surface area contributed by atoms with Gasteiger partial charge in [-0.1, -0.05) is 0 Å². The second-order valence-corrected chi connectivity index (χ2v) is 5.27. The monoisotopic (exact) mass is 292 g/mol. The van der Waals surface area contributed by atoms with Crippen LogP contribution in [0.4, 0.5) is 19.6 Å². The van der Waals surface area contributed by atoms with Crippen molar-refractivity contribution in [3.05, 3.63) is 36.2 Å². The number of halogens is 2. The second kappa shape index (κ2) is 4.82. The molecular formula is C8H6F2N4O2S2. The van der Waals surface area contributed by atoms with Crippen LogP contribution in [0.5, 0.6) is 0 Å². The SMILES string of the molecule is O=S(=O)(Nc1ncns1)Nc1cc(F)ccc1F. The third kappa shape index (κ3) is 3.11. The Labute approximate surface area is 105 Å². The zero-order valence-electron chi connectivity index (χ0n) is 8.59. The van der Waals surface area contributed by atoms with Gasteiger partial charge in [-0.3, -0.25) is 4.72 Å². The van der Waals surface area contributed by atoms with Gasteiger partial charge in [0, 0.05) is 17.6 Å². The molecule has 2 aromatic rings. The number of anilines is 2. The van der Waals surface area contributed by atoms with Crippen LogP contribution in [0.2, 0.25) is 0 Å². The van der Waals surface area contributed by atoms with E-state index in [1.165, 1.54) is 0 Å². The third-order valence-electron chi connectivity index (χ3n) is 1.76. The highest BCUT2D eigenvalue weighted by Gasteiger charge is 2.15. The maximum Gasteiger partial charge on any atom is 0.323 e. The third-order valence-corrected chi connectivity index (χ3v) is 3.42. The smallest absolute Gasteiger partial charge is 0.264 e. The summed E-state index contributed by atoms with van der Waals surface area (Å²) in [4.78, 5) is 3.59. The fraction of sp³-hybridized carbons (Fsp3) is 0. The molecule has 0 fully saturated rings. The van der Waals surface area contributed by atoms with Crippen molar-refractivity contribution in [2.75, 3.05) is 9.44 Å². The fourth-order valence-corrected chi connectivity index (χ4v) is 2.63. The van der Waals surface area contributed by atoms with Crippen molar-refractivity contribution in [1.82, 2.24) is 9.36 Å². The number of aromatic nitrogens is 2. The molecular weight excluding hydrogens is 286 g/mol. The molecule has 96 valence electrons. The first-order chi connectivity index (χ1) is 8.46. The lowest BCUT2D eigenvalue weighted by Gasteiger charge is -2.08. The summed E-state index contributed by atoms with van der Waals surface area (Å²) in [5.41, 5.74) is -0.494. The molecule has 0 spiro atoms. The topological polar surface area (TPSA) is 84.0 Å². The molecule has 1 aromatic carbocycles. The Balaban J connectivity index is 2.20. The van der Waals surface area contributed by atoms with Crippen LogP contribution in [-0.4, -0.2) is 17.8 Å². The van der Waals surface area contributed by atoms with Gasteiger partial charge in [0.25, 0.3) is 0 Å². The van der Waals surface area contributed by atoms with Crippen molar-refractivity contribution < 1.29 is 17.2 Å². The molecule has 0 bridgehead atoms. The van der Waals surface area contributed by atoms with Gasteiger partial charge in [0.15, 0.2) is 0 Å². The molecule has 18 heavy (non-hydrogen) atoms. The summed E-state index contributed by atoms with van der Waals surface area (Å²) in [6.45, 7) is 0. The van der Waals surface area contributed by atoms with Crippen LogP contribution in [0.1, 0.15) is 0 Å². The molecule has 2 rings (SSSR count). The first kappa shape index (κ1) is 12.6. The Bertz CT molecular complexity index is 645. The van der Waals surface area contributed by atoms with E-state index in [0.29, 0.717) is 0 Å². The highest BCUT2D eigenvalue weighted by molar-refractivity contribution is 7.94. The molecule has 0 saturated carbocycles. The summed E-state index contributed by atoms with van der Waals surface area (Å²) in [5, 5.41) is 0.0133. The van der Waals surface area contributed by atoms with Gasteiger partial charge in [-0.15, -0.1) is 0 Å². The summed E-state index contributed by atoms with van der Waals surface area (Å²) >= 11 is 0.808. The van der Waals surface area contributed by atoms with Crippen LogP contribution < -0.4 is 9.44 Å². The first-order valence-electron chi connectivity index (χ1n) is 4.48. The van der Waals surface area contributed by atoms with E-state index in [-0.39, 0.29) is 5.13 Å². The molecule has 0 atom stereocenters. The highest BCUT2D eigenvalue weighted by atomic mass is 32.2. The minimum Gasteiger partial charge on any atom is -0.264 e. The number of hydrogen-bond acceptors (Lipinski definition) is 5. The predicted octanol–water partition coefficient (Wildman–Crippen LogP) is 1.59. The van der Waals surface area contributed by atoms with Crippen molar-refractivity contribution in [3.8, 4) is 0 Å². The van der Waals surface area contributed by atoms with Gasteiger partial charge < -0.3 is 0 Å². The summed E-state index contributed by atoms with van der Waals surface area (Å²) in [6, 6.07) is 2.43. The fourth-order valence-electron chi connectivity index (χ4n) is 1.08. The van der Waals surface area contributed by atoms with Crippen molar-refractivity contribution >= 4 is 32.6 Å². The molecule has 0 aliphatic heterocycles. The van der Waals surface area contributed by atoms with E-state index >= 15 is 0 Å². The van der Waals surface area contributed by atoms with Crippen molar-refractivity contribution in [1.29, 1.82) is 0 Å². The first-order valence-corrected chi connectivity index (χ1v) is 6.74. The standard InChI is InChI=1S/C8H6F2N4O2S2/c9-5-1-2-6(10)7(3-5)13-18(15,16)14-8-11-4-12-17-8/h1-4,13H,(H,11,12,14). The van der Waals surface area contributed by atoms with Crippen molar-refractivity contribution in [2.24, 2.45) is 0 Å². The maximum atomic E-state index is 13.2. The summed E-state index contributed by atoms with van der Waals surface area (Å²) in [5.74, 6) is -1.65. The molecule has 2 N–H and O–H groups in total. The predicted molar refractivity (Wildman–Crippen MR) is 62.4 cm³/mol. The highest BCUT2D eigenvalue weighted by Crippen LogP contribution is 2.18. The molecule has 0 aliphatic carbocycles. The Morgan fingerprint density at radius 3 is 2.67 bits per heavy atom. The second-order valence-electron chi connectivity index (χ2n) is 3.08. The van der Waals surface area contributed by atoms with E-state index in [2.05, 4.69) is 9.36 Å². The van der Waals surface area contributed by atoms with E-state index in [4.69, 9.17) is 0 Å². The van der Waals surface area contributed by atoms with Crippen molar-refractivity contribution in [3.63, 3.8) is 0 Å². The van der Waals surface area contributed by atoms with Gasteiger partial charge in [0.1, 0.15) is 18.0 Å². The van der Waals surface area contributed by atoms with E-state index < -0.39 is 27.5 Å². The zero-order chi connectivity index (χ0) is 13.2. The zero-order valence-corrected chi connectivity index (χ0v) is 10.2. The molecule has 0 amide bonds. The number of rotatable bonds is 4. The van der Waals surface area contributed by atoms with Gasteiger partial charge in [0.2, 0.25) is 5.13 Å². The van der Waals surface area contributed by atoms with Crippen LogP contribution in [0.15, 0.2) is 24.5 Å². The van der Waals surface area contributed by atoms with E-state index in [9.17, 15) is 17.2 Å². The summed E-state index contributed by atoms with van der Waals surface area (Å²) in [7, 11) is -4.10. The quantitative estimate of drug-likeness (QED) is 0.896. The van der Waals surface area contributed by atoms with Gasteiger partial charge in [-0.25, -0.2) is 18.5 Å². The molecule has 6 nitrogen and oxygen atoms in total. The average molecular weight is 292 g/mol. The summed E-state index contributed by atoms with van der Waals surface area (Å²) in [6.07, 6.45) is 1.16. The van der Waals surface area contributed by atoms with Gasteiger partial charge in [-0.2, -0.15) is 12.8 Å². The molecule has 1 heterocycles. The van der Waals surface area contributed by atoms with Crippen LogP contribution >= 0.6 is 11.5 Å². The lowest BCUT2D eigenvalue weighted by atomic mass is 10.3. The minimum absolute atomic E-state index is 0.0133. The van der Waals surface area contributed by atoms with Crippen LogP contribution in [0.3, 0.4) is 0 Å². The van der Waals surface area contributed by atoms with E-state index in [0.717, 1.165) is 36.1 Å². The molecule has 1 aromatic heterocycles. The van der Waals surface area contributed by atoms with E-state index in [1.807, 2.05) is 9.44 Å². The van der Waals surface area contributed by atoms with Gasteiger partial charge in [-0.05, 0) is 12.1 Å². The molecule has 0 aliphatic rings. The maximum absolute atomic E-state index is 13.2. The van der Waals surface area contributed by atoms with E-state index in [1.54, 1.807) is 0 Å². The Kier molecular flexibility index (Phi) is 3.39. The van der Waals surface area contributed by atoms with Crippen LogP contribution in [0.25, 0.3) is 0 Å². The Hall–Kier alpha value is -1.81. The van der Waals surface area contributed by atoms with Gasteiger partial charge in [0.05, 0.1) is 5.69 Å². The van der Waals surface area contributed by atoms with Crippen LogP contribution in [-0.2, 0) is 10.2 Å². The Morgan fingerprint density at radius 1 is 1.22 bits per heavy atom. The molecule has 10 heteroatoms. The van der Waals surface area contributed by atoms with Gasteiger partial charge >= 0.3 is 10.2 Å². The van der Waals surface area contributed by atoms with Crippen molar-refractivity contribution in [2.45, 2.75) is 0 Å². The lowest BCUT2D eigenvalue weighted by molar-refractivity contribution is 0.597. The largest absolute Gasteiger partial charge is 0.323 e.